The minimum atomic E-state index is 0.0390. The molecule has 27 heavy (non-hydrogen) atoms. The molecule has 1 saturated heterocycles. The van der Waals surface area contributed by atoms with Gasteiger partial charge in [-0.3, -0.25) is 9.78 Å². The third-order valence-corrected chi connectivity index (χ3v) is 6.19. The highest BCUT2D eigenvalue weighted by Crippen LogP contribution is 2.43. The third-order valence-electron chi connectivity index (χ3n) is 4.80. The molecule has 2 aromatic carbocycles. The van der Waals surface area contributed by atoms with Crippen molar-refractivity contribution in [3.63, 3.8) is 0 Å². The molecule has 1 aromatic heterocycles. The predicted molar refractivity (Wildman–Crippen MR) is 111 cm³/mol. The second-order valence-electron chi connectivity index (χ2n) is 6.51. The Morgan fingerprint density at radius 2 is 1.78 bits per heavy atom. The first kappa shape index (κ1) is 17.8. The molecule has 0 radical (unpaired) electrons. The molecule has 2 unspecified atom stereocenters. The maximum atomic E-state index is 12.6. The molecule has 0 spiro atoms. The molecule has 1 fully saturated rings. The molecule has 2 heterocycles. The van der Waals surface area contributed by atoms with Crippen LogP contribution in [0.4, 0.5) is 5.69 Å². The van der Waals surface area contributed by atoms with E-state index in [1.165, 1.54) is 5.56 Å². The zero-order valence-corrected chi connectivity index (χ0v) is 15.7. The molecule has 2 N–H and O–H groups in total. The second kappa shape index (κ2) is 7.94. The summed E-state index contributed by atoms with van der Waals surface area (Å²) in [4.78, 5) is 19.2. The van der Waals surface area contributed by atoms with Crippen LogP contribution in [0.15, 0.2) is 79.1 Å². The first-order chi connectivity index (χ1) is 13.3. The lowest BCUT2D eigenvalue weighted by Crippen LogP contribution is -2.38. The van der Waals surface area contributed by atoms with Gasteiger partial charge in [0.15, 0.2) is 5.78 Å². The van der Waals surface area contributed by atoms with Crippen LogP contribution in [0.3, 0.4) is 0 Å². The van der Waals surface area contributed by atoms with Crippen LogP contribution >= 0.6 is 11.8 Å². The van der Waals surface area contributed by atoms with Gasteiger partial charge >= 0.3 is 0 Å². The van der Waals surface area contributed by atoms with Crippen molar-refractivity contribution in [1.82, 2.24) is 4.98 Å². The van der Waals surface area contributed by atoms with E-state index in [0.29, 0.717) is 17.7 Å². The van der Waals surface area contributed by atoms with Crippen LogP contribution < -0.4 is 10.6 Å². The number of thioether (sulfide) groups is 1. The molecule has 1 aliphatic rings. The minimum absolute atomic E-state index is 0.0390. The van der Waals surface area contributed by atoms with Crippen LogP contribution in [0.5, 0.6) is 0 Å². The molecule has 5 heteroatoms. The molecule has 0 saturated carbocycles. The van der Waals surface area contributed by atoms with Crippen LogP contribution in [-0.4, -0.2) is 29.1 Å². The summed E-state index contributed by atoms with van der Waals surface area (Å²) in [7, 11) is 0. The van der Waals surface area contributed by atoms with Crippen molar-refractivity contribution in [2.75, 3.05) is 17.2 Å². The van der Waals surface area contributed by atoms with E-state index >= 15 is 0 Å². The maximum Gasteiger partial charge on any atom is 0.193 e. The average Bonchev–Trinajstić information content (AvgIpc) is 3.19. The Labute approximate surface area is 163 Å². The lowest BCUT2D eigenvalue weighted by molar-refractivity contribution is 0.103. The van der Waals surface area contributed by atoms with Gasteiger partial charge in [0, 0.05) is 47.1 Å². The van der Waals surface area contributed by atoms with Gasteiger partial charge < -0.3 is 10.6 Å². The Kier molecular flexibility index (Phi) is 5.23. The van der Waals surface area contributed by atoms with Gasteiger partial charge in [0.05, 0.1) is 6.04 Å². The number of benzene rings is 2. The normalized spacial score (nSPS) is 19.2. The number of hydrogen-bond acceptors (Lipinski definition) is 5. The Bertz CT molecular complexity index is 900. The number of carbonyl (C=O) groups is 1. The van der Waals surface area contributed by atoms with Gasteiger partial charge in [0.2, 0.25) is 0 Å². The van der Waals surface area contributed by atoms with E-state index in [1.807, 2.05) is 78.6 Å². The Morgan fingerprint density at radius 1 is 1.04 bits per heavy atom. The summed E-state index contributed by atoms with van der Waals surface area (Å²) in [6.45, 7) is 0.592. The number of aromatic nitrogens is 1. The summed E-state index contributed by atoms with van der Waals surface area (Å²) in [5.74, 6) is 1.01. The van der Waals surface area contributed by atoms with Crippen molar-refractivity contribution in [2.24, 2.45) is 5.73 Å². The highest BCUT2D eigenvalue weighted by Gasteiger charge is 2.34. The average molecular weight is 375 g/mol. The lowest BCUT2D eigenvalue weighted by atomic mass is 10.0. The van der Waals surface area contributed by atoms with Gasteiger partial charge in [-0.25, -0.2) is 0 Å². The van der Waals surface area contributed by atoms with Gasteiger partial charge in [0.25, 0.3) is 0 Å². The molecular weight excluding hydrogens is 354 g/mol. The molecule has 0 aliphatic carbocycles. The van der Waals surface area contributed by atoms with E-state index in [-0.39, 0.29) is 17.2 Å². The van der Waals surface area contributed by atoms with Crippen molar-refractivity contribution in [1.29, 1.82) is 0 Å². The van der Waals surface area contributed by atoms with Crippen molar-refractivity contribution < 1.29 is 4.79 Å². The standard InChI is InChI=1S/C22H21N3OS/c23-13-20-15-27-22(18-7-4-12-24-14-18)25(20)19-10-8-17(9-11-19)21(26)16-5-2-1-3-6-16/h1-12,14,20,22H,13,15,23H2. The third kappa shape index (κ3) is 3.61. The van der Waals surface area contributed by atoms with Gasteiger partial charge in [-0.2, -0.15) is 0 Å². The molecule has 0 amide bonds. The highest BCUT2D eigenvalue weighted by atomic mass is 32.2. The minimum Gasteiger partial charge on any atom is -0.350 e. The van der Waals surface area contributed by atoms with Crippen molar-refractivity contribution in [2.45, 2.75) is 11.4 Å². The molecule has 2 atom stereocenters. The Balaban J connectivity index is 1.62. The first-order valence-corrected chi connectivity index (χ1v) is 10.0. The Hall–Kier alpha value is -2.63. The van der Waals surface area contributed by atoms with Crippen LogP contribution in [0.2, 0.25) is 0 Å². The van der Waals surface area contributed by atoms with E-state index < -0.39 is 0 Å². The molecule has 136 valence electrons. The number of anilines is 1. The van der Waals surface area contributed by atoms with Gasteiger partial charge in [-0.1, -0.05) is 36.4 Å². The number of pyridine rings is 1. The number of rotatable bonds is 5. The second-order valence-corrected chi connectivity index (χ2v) is 7.62. The zero-order chi connectivity index (χ0) is 18.6. The van der Waals surface area contributed by atoms with Gasteiger partial charge in [0.1, 0.15) is 5.37 Å². The van der Waals surface area contributed by atoms with E-state index in [4.69, 9.17) is 5.73 Å². The predicted octanol–water partition coefficient (Wildman–Crippen LogP) is 3.89. The van der Waals surface area contributed by atoms with Crippen LogP contribution in [0.1, 0.15) is 26.9 Å². The van der Waals surface area contributed by atoms with Gasteiger partial charge in [-0.05, 0) is 30.3 Å². The zero-order valence-electron chi connectivity index (χ0n) is 14.9. The summed E-state index contributed by atoms with van der Waals surface area (Å²) in [5.41, 5.74) is 9.68. The smallest absolute Gasteiger partial charge is 0.193 e. The van der Waals surface area contributed by atoms with Crippen LogP contribution in [0.25, 0.3) is 0 Å². The van der Waals surface area contributed by atoms with Crippen LogP contribution in [-0.2, 0) is 0 Å². The fourth-order valence-electron chi connectivity index (χ4n) is 3.40. The molecule has 3 aromatic rings. The number of nitrogens with two attached hydrogens (primary N) is 1. The number of ketones is 1. The summed E-state index contributed by atoms with van der Waals surface area (Å²) < 4.78 is 0. The molecule has 0 bridgehead atoms. The largest absolute Gasteiger partial charge is 0.350 e. The van der Waals surface area contributed by atoms with Crippen molar-refractivity contribution >= 4 is 23.2 Å². The van der Waals surface area contributed by atoms with E-state index in [9.17, 15) is 4.79 Å². The van der Waals surface area contributed by atoms with Crippen molar-refractivity contribution in [3.8, 4) is 0 Å². The molecule has 4 rings (SSSR count). The maximum absolute atomic E-state index is 12.6. The summed E-state index contributed by atoms with van der Waals surface area (Å²) in [5, 5.41) is 0.183. The Morgan fingerprint density at radius 3 is 2.44 bits per heavy atom. The summed E-state index contributed by atoms with van der Waals surface area (Å²) in [6, 6.07) is 21.5. The topological polar surface area (TPSA) is 59.2 Å². The fraction of sp³-hybridized carbons (Fsp3) is 0.182. The summed E-state index contributed by atoms with van der Waals surface area (Å²) in [6.07, 6.45) is 3.70. The SMILES string of the molecule is NCC1CSC(c2cccnc2)N1c1ccc(C(=O)c2ccccc2)cc1. The monoisotopic (exact) mass is 375 g/mol. The lowest BCUT2D eigenvalue weighted by Gasteiger charge is -2.31. The van der Waals surface area contributed by atoms with Gasteiger partial charge in [-0.15, -0.1) is 11.8 Å². The number of nitrogens with zero attached hydrogens (tertiary/aromatic N) is 2. The number of hydrogen-bond donors (Lipinski definition) is 1. The quantitative estimate of drug-likeness (QED) is 0.686. The molecule has 4 nitrogen and oxygen atoms in total. The highest BCUT2D eigenvalue weighted by molar-refractivity contribution is 8.00. The summed E-state index contributed by atoms with van der Waals surface area (Å²) >= 11 is 1.88. The molecular formula is C22H21N3OS. The van der Waals surface area contributed by atoms with E-state index in [2.05, 4.69) is 16.0 Å². The first-order valence-electron chi connectivity index (χ1n) is 8.97. The van der Waals surface area contributed by atoms with Crippen molar-refractivity contribution in [3.05, 3.63) is 95.8 Å². The fourth-order valence-corrected chi connectivity index (χ4v) is 4.89. The molecule has 1 aliphatic heterocycles. The van der Waals surface area contributed by atoms with Crippen LogP contribution in [0, 0.1) is 0 Å². The van der Waals surface area contributed by atoms with E-state index in [0.717, 1.165) is 11.4 Å². The van der Waals surface area contributed by atoms with E-state index in [1.54, 1.807) is 6.20 Å². The number of carbonyl (C=O) groups excluding carboxylic acids is 1.